The molecule has 0 fully saturated rings. The van der Waals surface area contributed by atoms with Crippen molar-refractivity contribution in [3.63, 3.8) is 0 Å². The van der Waals surface area contributed by atoms with Gasteiger partial charge in [0.15, 0.2) is 10.9 Å². The number of hydrogen-bond acceptors (Lipinski definition) is 4. The van der Waals surface area contributed by atoms with Crippen molar-refractivity contribution < 1.29 is 14.7 Å². The summed E-state index contributed by atoms with van der Waals surface area (Å²) in [6, 6.07) is 5.98. The molecule has 3 nitrogen and oxygen atoms in total. The van der Waals surface area contributed by atoms with Crippen LogP contribution in [-0.2, 0) is 4.79 Å². The van der Waals surface area contributed by atoms with Crippen molar-refractivity contribution in [1.82, 2.24) is 0 Å². The van der Waals surface area contributed by atoms with Gasteiger partial charge in [0.05, 0.1) is 5.75 Å². The van der Waals surface area contributed by atoms with E-state index in [9.17, 15) is 9.59 Å². The van der Waals surface area contributed by atoms with Gasteiger partial charge in [-0.15, -0.1) is 0 Å². The normalized spacial score (nSPS) is 9.79. The summed E-state index contributed by atoms with van der Waals surface area (Å²) in [4.78, 5) is 22.0. The highest BCUT2D eigenvalue weighted by molar-refractivity contribution is 8.14. The van der Waals surface area contributed by atoms with Crippen molar-refractivity contribution >= 4 is 22.7 Å². The van der Waals surface area contributed by atoms with E-state index >= 15 is 0 Å². The third kappa shape index (κ3) is 3.22. The van der Waals surface area contributed by atoms with E-state index in [1.165, 1.54) is 19.1 Å². The Balaban J connectivity index is 2.61. The average Bonchev–Trinajstić information content (AvgIpc) is 2.15. The zero-order valence-electron chi connectivity index (χ0n) is 7.69. The molecular formula is C10H10O3S. The summed E-state index contributed by atoms with van der Waals surface area (Å²) in [6.07, 6.45) is 0. The zero-order valence-corrected chi connectivity index (χ0v) is 8.50. The largest absolute Gasteiger partial charge is 0.508 e. The molecular weight excluding hydrogens is 200 g/mol. The molecule has 0 saturated heterocycles. The van der Waals surface area contributed by atoms with Crippen LogP contribution in [-0.4, -0.2) is 21.8 Å². The number of Topliss-reactive ketones (excluding diaryl/α,β-unsaturated/α-hetero) is 1. The molecule has 0 saturated carbocycles. The number of phenolic OH excluding ortho intramolecular Hbond substituents is 1. The molecule has 14 heavy (non-hydrogen) atoms. The van der Waals surface area contributed by atoms with Gasteiger partial charge >= 0.3 is 0 Å². The van der Waals surface area contributed by atoms with Crippen molar-refractivity contribution in [2.75, 3.05) is 5.75 Å². The Morgan fingerprint density at radius 2 is 1.86 bits per heavy atom. The predicted molar refractivity (Wildman–Crippen MR) is 55.6 cm³/mol. The monoisotopic (exact) mass is 210 g/mol. The summed E-state index contributed by atoms with van der Waals surface area (Å²) >= 11 is 0.987. The second-order valence-corrected chi connectivity index (χ2v) is 3.90. The minimum atomic E-state index is -0.106. The van der Waals surface area contributed by atoms with Crippen molar-refractivity contribution in [1.29, 1.82) is 0 Å². The lowest BCUT2D eigenvalue weighted by molar-refractivity contribution is -0.109. The number of rotatable bonds is 3. The topological polar surface area (TPSA) is 54.4 Å². The van der Waals surface area contributed by atoms with E-state index in [2.05, 4.69) is 0 Å². The summed E-state index contributed by atoms with van der Waals surface area (Å²) in [6.45, 7) is 1.43. The highest BCUT2D eigenvalue weighted by Gasteiger charge is 2.06. The van der Waals surface area contributed by atoms with Gasteiger partial charge in [-0.2, -0.15) is 0 Å². The van der Waals surface area contributed by atoms with Crippen molar-refractivity contribution in [2.24, 2.45) is 0 Å². The maximum Gasteiger partial charge on any atom is 0.186 e. The number of ketones is 1. The van der Waals surface area contributed by atoms with E-state index in [-0.39, 0.29) is 22.4 Å². The van der Waals surface area contributed by atoms with Crippen molar-refractivity contribution in [2.45, 2.75) is 6.92 Å². The summed E-state index contributed by atoms with van der Waals surface area (Å²) in [7, 11) is 0. The van der Waals surface area contributed by atoms with Gasteiger partial charge in [-0.3, -0.25) is 9.59 Å². The van der Waals surface area contributed by atoms with E-state index < -0.39 is 0 Å². The van der Waals surface area contributed by atoms with Gasteiger partial charge in [0.2, 0.25) is 0 Å². The number of benzene rings is 1. The van der Waals surface area contributed by atoms with Gasteiger partial charge in [-0.25, -0.2) is 0 Å². The van der Waals surface area contributed by atoms with Crippen LogP contribution in [0.25, 0.3) is 0 Å². The molecule has 0 aliphatic carbocycles. The third-order valence-electron chi connectivity index (χ3n) is 1.60. The highest BCUT2D eigenvalue weighted by Crippen LogP contribution is 2.12. The fraction of sp³-hybridized carbons (Fsp3) is 0.200. The van der Waals surface area contributed by atoms with Gasteiger partial charge in [-0.05, 0) is 24.3 Å². The number of aromatic hydroxyl groups is 1. The number of carbonyl (C=O) groups excluding carboxylic acids is 2. The minimum Gasteiger partial charge on any atom is -0.508 e. The Labute approximate surface area is 86.1 Å². The average molecular weight is 210 g/mol. The maximum atomic E-state index is 11.4. The molecule has 1 aromatic rings. The lowest BCUT2D eigenvalue weighted by atomic mass is 10.1. The summed E-state index contributed by atoms with van der Waals surface area (Å²) in [5.41, 5.74) is 0.511. The van der Waals surface area contributed by atoms with Gasteiger partial charge in [0.1, 0.15) is 5.75 Å². The summed E-state index contributed by atoms with van der Waals surface area (Å²) in [5, 5.41) is 8.91. The first kappa shape index (κ1) is 10.8. The fourth-order valence-corrected chi connectivity index (χ4v) is 1.40. The van der Waals surface area contributed by atoms with Crippen LogP contribution in [0.1, 0.15) is 17.3 Å². The van der Waals surface area contributed by atoms with Crippen molar-refractivity contribution in [3.05, 3.63) is 29.8 Å². The lowest BCUT2D eigenvalue weighted by Gasteiger charge is -1.98. The molecule has 0 unspecified atom stereocenters. The maximum absolute atomic E-state index is 11.4. The Bertz CT molecular complexity index is 343. The van der Waals surface area contributed by atoms with E-state index in [1.807, 2.05) is 0 Å². The highest BCUT2D eigenvalue weighted by atomic mass is 32.2. The second kappa shape index (κ2) is 4.81. The molecule has 0 bridgehead atoms. The molecule has 74 valence electrons. The predicted octanol–water partition coefficient (Wildman–Crippen LogP) is 1.85. The summed E-state index contributed by atoms with van der Waals surface area (Å²) < 4.78 is 0. The standard InChI is InChI=1S/C10H10O3S/c1-7(11)14-6-10(13)8-2-4-9(12)5-3-8/h2-5,12H,6H2,1H3. The fourth-order valence-electron chi connectivity index (χ4n) is 0.898. The lowest BCUT2D eigenvalue weighted by Crippen LogP contribution is -2.03. The molecule has 1 aromatic carbocycles. The third-order valence-corrected chi connectivity index (χ3v) is 2.41. The summed E-state index contributed by atoms with van der Waals surface area (Å²) in [5.74, 6) is 0.172. The van der Waals surface area contributed by atoms with Gasteiger partial charge in [0.25, 0.3) is 0 Å². The van der Waals surface area contributed by atoms with Crippen LogP contribution in [0.2, 0.25) is 0 Å². The first-order valence-electron chi connectivity index (χ1n) is 4.05. The molecule has 0 amide bonds. The van der Waals surface area contributed by atoms with Crippen LogP contribution >= 0.6 is 11.8 Å². The minimum absolute atomic E-state index is 0.0721. The Kier molecular flexibility index (Phi) is 3.71. The van der Waals surface area contributed by atoms with E-state index in [1.54, 1.807) is 12.1 Å². The first-order chi connectivity index (χ1) is 6.59. The van der Waals surface area contributed by atoms with Gasteiger partial charge < -0.3 is 5.11 Å². The molecule has 0 aliphatic heterocycles. The molecule has 0 aliphatic rings. The molecule has 1 N–H and O–H groups in total. The van der Waals surface area contributed by atoms with Crippen LogP contribution in [0.3, 0.4) is 0 Å². The quantitative estimate of drug-likeness (QED) is 0.773. The Hall–Kier alpha value is -1.29. The molecule has 0 heterocycles. The van der Waals surface area contributed by atoms with Crippen LogP contribution in [0.4, 0.5) is 0 Å². The molecule has 4 heteroatoms. The molecule has 0 atom stereocenters. The van der Waals surface area contributed by atoms with E-state index in [0.29, 0.717) is 5.56 Å². The second-order valence-electron chi connectivity index (χ2n) is 2.75. The number of hydrogen-bond donors (Lipinski definition) is 1. The van der Waals surface area contributed by atoms with Crippen molar-refractivity contribution in [3.8, 4) is 5.75 Å². The van der Waals surface area contributed by atoms with Gasteiger partial charge in [0, 0.05) is 12.5 Å². The van der Waals surface area contributed by atoms with Crippen LogP contribution in [0.15, 0.2) is 24.3 Å². The van der Waals surface area contributed by atoms with E-state index in [4.69, 9.17) is 5.11 Å². The zero-order chi connectivity index (χ0) is 10.6. The number of carbonyl (C=O) groups is 2. The Morgan fingerprint density at radius 3 is 2.36 bits per heavy atom. The van der Waals surface area contributed by atoms with Crippen LogP contribution in [0, 0.1) is 0 Å². The number of phenols is 1. The molecule has 1 rings (SSSR count). The molecule has 0 aromatic heterocycles. The van der Waals surface area contributed by atoms with Crippen LogP contribution < -0.4 is 0 Å². The van der Waals surface area contributed by atoms with Gasteiger partial charge in [-0.1, -0.05) is 11.8 Å². The smallest absolute Gasteiger partial charge is 0.186 e. The van der Waals surface area contributed by atoms with E-state index in [0.717, 1.165) is 11.8 Å². The number of thioether (sulfide) groups is 1. The first-order valence-corrected chi connectivity index (χ1v) is 5.04. The SMILES string of the molecule is CC(=O)SCC(=O)c1ccc(O)cc1. The Morgan fingerprint density at radius 1 is 1.29 bits per heavy atom. The molecule has 0 spiro atoms. The molecule has 0 radical (unpaired) electrons. The van der Waals surface area contributed by atoms with Crippen LogP contribution in [0.5, 0.6) is 5.75 Å².